The molecule has 0 heterocycles. The number of hydrogen-bond donors (Lipinski definition) is 0. The van der Waals surface area contributed by atoms with Crippen LogP contribution in [-0.2, 0) is 52.8 Å². The van der Waals surface area contributed by atoms with Gasteiger partial charge in [0.05, 0.1) is 52.3 Å². The summed E-state index contributed by atoms with van der Waals surface area (Å²) in [5, 5.41) is 0. The van der Waals surface area contributed by atoms with Gasteiger partial charge in [0.15, 0.2) is 0 Å². The summed E-state index contributed by atoms with van der Waals surface area (Å²) in [4.78, 5) is 24.6. The Morgan fingerprint density at radius 2 is 1.18 bits per heavy atom. The summed E-state index contributed by atoms with van der Waals surface area (Å²) in [5.41, 5.74) is 1.01. The summed E-state index contributed by atoms with van der Waals surface area (Å²) in [6.45, 7) is 13.0. The van der Waals surface area contributed by atoms with Crippen LogP contribution in [0.1, 0.15) is 59.9 Å². The van der Waals surface area contributed by atoms with E-state index < -0.39 is 15.2 Å². The quantitative estimate of drug-likeness (QED) is 0.133. The molecule has 0 amide bonds. The maximum Gasteiger partial charge on any atom is 0.344 e. The first-order valence-electron chi connectivity index (χ1n) is 13.4. The van der Waals surface area contributed by atoms with Gasteiger partial charge in [0, 0.05) is 13.0 Å². The van der Waals surface area contributed by atoms with Gasteiger partial charge in [0.25, 0.3) is 0 Å². The number of carbonyl (C=O) groups is 2. The number of nitrogens with zero attached hydrogens (tertiary/aromatic N) is 1. The van der Waals surface area contributed by atoms with Gasteiger partial charge in [-0.25, -0.2) is 0 Å². The third-order valence-electron chi connectivity index (χ3n) is 4.70. The Hall–Kier alpha value is -1.58. The number of esters is 2. The van der Waals surface area contributed by atoms with Crippen molar-refractivity contribution < 1.29 is 46.3 Å². The number of ether oxygens (including phenoxy) is 2. The number of rotatable bonds is 20. The standard InChI is InChI=1S/C16H26NO5P.C10H21O5P/c1-4-20-16(18)13-17(12-15-10-8-7-9-11-15)14-23(19,21-5-2)22-6-3;1-4-13-10(11)8-7-9-16(12,14-5-2)15-6-3/h7-11H,4-6,12-14H2,1-3H3;4-9H2,1-3H3. The minimum Gasteiger partial charge on any atom is -0.466 e. The van der Waals surface area contributed by atoms with Crippen molar-refractivity contribution in [3.63, 3.8) is 0 Å². The van der Waals surface area contributed by atoms with Crippen molar-refractivity contribution in [1.29, 1.82) is 0 Å². The van der Waals surface area contributed by atoms with Crippen LogP contribution in [0.15, 0.2) is 30.3 Å². The number of carbonyl (C=O) groups excluding carboxylic acids is 2. The molecule has 0 aliphatic carbocycles. The van der Waals surface area contributed by atoms with E-state index in [0.717, 1.165) is 5.56 Å². The molecule has 39 heavy (non-hydrogen) atoms. The van der Waals surface area contributed by atoms with Crippen molar-refractivity contribution >= 4 is 27.1 Å². The highest BCUT2D eigenvalue weighted by Gasteiger charge is 2.28. The highest BCUT2D eigenvalue weighted by Crippen LogP contribution is 2.49. The van der Waals surface area contributed by atoms with Crippen LogP contribution in [0.2, 0.25) is 0 Å². The second-order valence-corrected chi connectivity index (χ2v) is 12.2. The molecule has 11 nitrogen and oxygen atoms in total. The lowest BCUT2D eigenvalue weighted by molar-refractivity contribution is -0.144. The van der Waals surface area contributed by atoms with Gasteiger partial charge in [-0.05, 0) is 53.5 Å². The normalized spacial score (nSPS) is 11.6. The van der Waals surface area contributed by atoms with E-state index in [2.05, 4.69) is 0 Å². The molecule has 0 N–H and O–H groups in total. The minimum atomic E-state index is -3.27. The van der Waals surface area contributed by atoms with Crippen LogP contribution in [0.25, 0.3) is 0 Å². The van der Waals surface area contributed by atoms with E-state index in [1.165, 1.54) is 0 Å². The maximum atomic E-state index is 12.7. The average molecular weight is 596 g/mol. The second-order valence-electron chi connectivity index (χ2n) is 7.94. The first kappa shape index (κ1) is 37.4. The Morgan fingerprint density at radius 3 is 1.67 bits per heavy atom. The van der Waals surface area contributed by atoms with Crippen molar-refractivity contribution in [3.05, 3.63) is 35.9 Å². The Bertz CT molecular complexity index is 865. The summed E-state index contributed by atoms with van der Waals surface area (Å²) in [6, 6.07) is 9.66. The predicted molar refractivity (Wildman–Crippen MR) is 151 cm³/mol. The molecule has 0 aromatic heterocycles. The van der Waals surface area contributed by atoms with Gasteiger partial charge in [0.1, 0.15) is 6.29 Å². The first-order valence-corrected chi connectivity index (χ1v) is 16.9. The Kier molecular flexibility index (Phi) is 21.3. The van der Waals surface area contributed by atoms with E-state index in [1.807, 2.05) is 30.3 Å². The van der Waals surface area contributed by atoms with E-state index in [1.54, 1.807) is 46.4 Å². The highest BCUT2D eigenvalue weighted by atomic mass is 31.2. The molecule has 1 aromatic carbocycles. The summed E-state index contributed by atoms with van der Waals surface area (Å²) < 4.78 is 55.3. The monoisotopic (exact) mass is 595 g/mol. The molecule has 0 saturated heterocycles. The Labute approximate surface area is 233 Å². The van der Waals surface area contributed by atoms with E-state index in [9.17, 15) is 18.7 Å². The highest BCUT2D eigenvalue weighted by molar-refractivity contribution is 7.54. The zero-order chi connectivity index (χ0) is 29.6. The van der Waals surface area contributed by atoms with Crippen LogP contribution in [0, 0.1) is 0 Å². The fraction of sp³-hybridized carbons (Fsp3) is 0.692. The Morgan fingerprint density at radius 1 is 0.692 bits per heavy atom. The van der Waals surface area contributed by atoms with Crippen molar-refractivity contribution in [3.8, 4) is 0 Å². The molecular formula is C26H47NO10P2. The zero-order valence-corrected chi connectivity index (χ0v) is 26.1. The molecule has 0 atom stereocenters. The van der Waals surface area contributed by atoms with Gasteiger partial charge in [0.2, 0.25) is 0 Å². The fourth-order valence-electron chi connectivity index (χ4n) is 3.35. The summed E-state index contributed by atoms with van der Waals surface area (Å²) >= 11 is 0. The van der Waals surface area contributed by atoms with E-state index in [0.29, 0.717) is 39.4 Å². The molecule has 13 heteroatoms. The third-order valence-corrected chi connectivity index (χ3v) is 8.92. The van der Waals surface area contributed by atoms with Crippen LogP contribution in [0.3, 0.4) is 0 Å². The molecule has 1 rings (SSSR count). The smallest absolute Gasteiger partial charge is 0.344 e. The van der Waals surface area contributed by atoms with Gasteiger partial charge in [-0.3, -0.25) is 23.6 Å². The zero-order valence-electron chi connectivity index (χ0n) is 24.3. The Balaban J connectivity index is 0.000000794. The van der Waals surface area contributed by atoms with Crippen LogP contribution in [0.4, 0.5) is 0 Å². The largest absolute Gasteiger partial charge is 0.466 e. The van der Waals surface area contributed by atoms with E-state index in [4.69, 9.17) is 27.6 Å². The minimum absolute atomic E-state index is 0.0346. The number of hydrogen-bond acceptors (Lipinski definition) is 11. The molecular weight excluding hydrogens is 548 g/mol. The lowest BCUT2D eigenvalue weighted by Crippen LogP contribution is -2.32. The lowest BCUT2D eigenvalue weighted by atomic mass is 10.2. The van der Waals surface area contributed by atoms with Crippen molar-refractivity contribution in [2.24, 2.45) is 0 Å². The van der Waals surface area contributed by atoms with Crippen LogP contribution >= 0.6 is 15.2 Å². The van der Waals surface area contributed by atoms with Crippen LogP contribution in [-0.4, -0.2) is 75.5 Å². The molecule has 0 spiro atoms. The average Bonchev–Trinajstić information content (AvgIpc) is 2.86. The molecule has 0 radical (unpaired) electrons. The van der Waals surface area contributed by atoms with Gasteiger partial charge < -0.3 is 27.6 Å². The van der Waals surface area contributed by atoms with E-state index >= 15 is 0 Å². The molecule has 226 valence electrons. The van der Waals surface area contributed by atoms with Crippen LogP contribution < -0.4 is 0 Å². The summed E-state index contributed by atoms with van der Waals surface area (Å²) in [7, 11) is -6.27. The topological polar surface area (TPSA) is 127 Å². The lowest BCUT2D eigenvalue weighted by Gasteiger charge is -2.26. The van der Waals surface area contributed by atoms with Crippen molar-refractivity contribution in [2.45, 2.75) is 60.9 Å². The molecule has 0 bridgehead atoms. The second kappa shape index (κ2) is 22.1. The molecule has 0 fully saturated rings. The summed E-state index contributed by atoms with van der Waals surface area (Å²) in [5.74, 6) is -0.634. The van der Waals surface area contributed by atoms with Gasteiger partial charge >= 0.3 is 27.1 Å². The third kappa shape index (κ3) is 18.4. The maximum absolute atomic E-state index is 12.7. The SMILES string of the molecule is CCOC(=O)CCCP(=O)(OCC)OCC.CCOC(=O)CN(Cc1ccccc1)CP(=O)(OCC)OCC. The molecule has 0 aliphatic rings. The first-order chi connectivity index (χ1) is 18.6. The molecule has 0 saturated carbocycles. The van der Waals surface area contributed by atoms with Crippen molar-refractivity contribution in [1.82, 2.24) is 4.90 Å². The predicted octanol–water partition coefficient (Wildman–Crippen LogP) is 5.87. The number of benzene rings is 1. The van der Waals surface area contributed by atoms with Crippen molar-refractivity contribution in [2.75, 3.05) is 58.6 Å². The fourth-order valence-corrected chi connectivity index (χ4v) is 6.73. The molecule has 0 aliphatic heterocycles. The molecule has 1 aromatic rings. The van der Waals surface area contributed by atoms with E-state index in [-0.39, 0.29) is 50.6 Å². The van der Waals surface area contributed by atoms with Crippen LogP contribution in [0.5, 0.6) is 0 Å². The van der Waals surface area contributed by atoms with Gasteiger partial charge in [-0.2, -0.15) is 0 Å². The van der Waals surface area contributed by atoms with Gasteiger partial charge in [-0.15, -0.1) is 0 Å². The molecule has 0 unspecified atom stereocenters. The van der Waals surface area contributed by atoms with Gasteiger partial charge in [-0.1, -0.05) is 30.3 Å². The summed E-state index contributed by atoms with van der Waals surface area (Å²) in [6.07, 6.45) is 1.00.